The van der Waals surface area contributed by atoms with Crippen LogP contribution in [0.3, 0.4) is 0 Å². The number of carboxylic acid groups (broad SMARTS) is 1. The van der Waals surface area contributed by atoms with Crippen molar-refractivity contribution in [3.63, 3.8) is 0 Å². The Morgan fingerprint density at radius 3 is 1.96 bits per heavy atom. The highest BCUT2D eigenvalue weighted by Gasteiger charge is 2.01. The Hall–Kier alpha value is -2.69. The van der Waals surface area contributed by atoms with Gasteiger partial charge in [-0.05, 0) is 55.0 Å². The maximum atomic E-state index is 10.8. The lowest BCUT2D eigenvalue weighted by atomic mass is 10.1. The number of nitrogens with zero attached hydrogens (tertiary/aromatic N) is 2. The van der Waals surface area contributed by atoms with Gasteiger partial charge in [-0.1, -0.05) is 39.0 Å². The van der Waals surface area contributed by atoms with Gasteiger partial charge in [-0.3, -0.25) is 0 Å². The third-order valence-electron chi connectivity index (χ3n) is 4.00. The normalized spacial score (nSPS) is 11.0. The van der Waals surface area contributed by atoms with Gasteiger partial charge in [0.25, 0.3) is 0 Å². The summed E-state index contributed by atoms with van der Waals surface area (Å²) >= 11 is 0. The van der Waals surface area contributed by atoms with Crippen molar-refractivity contribution in [3.8, 4) is 5.75 Å². The molecule has 138 valence electrons. The largest absolute Gasteiger partial charge is 0.494 e. The van der Waals surface area contributed by atoms with Crippen LogP contribution < -0.4 is 4.74 Å². The van der Waals surface area contributed by atoms with Crippen molar-refractivity contribution in [1.82, 2.24) is 0 Å². The first-order valence-electron chi connectivity index (χ1n) is 9.17. The van der Waals surface area contributed by atoms with Crippen LogP contribution in [0.25, 0.3) is 0 Å². The Bertz CT molecular complexity index is 694. The second kappa shape index (κ2) is 11.0. The van der Waals surface area contributed by atoms with E-state index in [0.717, 1.165) is 24.5 Å². The van der Waals surface area contributed by atoms with Crippen LogP contribution in [-0.2, 0) is 0 Å². The maximum absolute atomic E-state index is 10.8. The molecule has 0 atom stereocenters. The number of aromatic carboxylic acids is 1. The van der Waals surface area contributed by atoms with Gasteiger partial charge in [0.05, 0.1) is 23.5 Å². The summed E-state index contributed by atoms with van der Waals surface area (Å²) < 4.78 is 5.74. The molecular formula is C21H26N2O3. The SMILES string of the molecule is CCCCCCCCOc1ccc(N=Nc2ccc(C(=O)O)cc2)cc1. The minimum atomic E-state index is -0.954. The first-order valence-corrected chi connectivity index (χ1v) is 9.17. The molecule has 0 unspecified atom stereocenters. The first kappa shape index (κ1) is 19.6. The number of hydrogen-bond donors (Lipinski definition) is 1. The van der Waals surface area contributed by atoms with E-state index in [1.54, 1.807) is 12.1 Å². The summed E-state index contributed by atoms with van der Waals surface area (Å²) in [5.41, 5.74) is 1.56. The number of azo groups is 1. The monoisotopic (exact) mass is 354 g/mol. The minimum absolute atomic E-state index is 0.232. The Kier molecular flexibility index (Phi) is 8.33. The fraction of sp³-hybridized carbons (Fsp3) is 0.381. The van der Waals surface area contributed by atoms with Crippen LogP contribution in [0.2, 0.25) is 0 Å². The topological polar surface area (TPSA) is 71.2 Å². The van der Waals surface area contributed by atoms with Crippen LogP contribution in [0.4, 0.5) is 11.4 Å². The molecule has 0 radical (unpaired) electrons. The number of ether oxygens (including phenoxy) is 1. The molecule has 0 fully saturated rings. The molecule has 0 aromatic heterocycles. The Morgan fingerprint density at radius 2 is 1.38 bits per heavy atom. The van der Waals surface area contributed by atoms with Gasteiger partial charge in [0.2, 0.25) is 0 Å². The zero-order valence-electron chi connectivity index (χ0n) is 15.2. The summed E-state index contributed by atoms with van der Waals surface area (Å²) in [6.45, 7) is 2.96. The van der Waals surface area contributed by atoms with Gasteiger partial charge in [0, 0.05) is 0 Å². The molecule has 0 saturated carbocycles. The molecule has 0 amide bonds. The Balaban J connectivity index is 1.75. The van der Waals surface area contributed by atoms with Crippen molar-refractivity contribution in [2.45, 2.75) is 45.4 Å². The van der Waals surface area contributed by atoms with E-state index in [1.807, 2.05) is 24.3 Å². The van der Waals surface area contributed by atoms with Gasteiger partial charge < -0.3 is 9.84 Å². The van der Waals surface area contributed by atoms with Gasteiger partial charge in [0.15, 0.2) is 0 Å². The molecule has 0 bridgehead atoms. The van der Waals surface area contributed by atoms with Gasteiger partial charge >= 0.3 is 5.97 Å². The fourth-order valence-corrected chi connectivity index (χ4v) is 2.47. The molecule has 1 N–H and O–H groups in total. The van der Waals surface area contributed by atoms with E-state index in [-0.39, 0.29) is 5.56 Å². The fourth-order valence-electron chi connectivity index (χ4n) is 2.47. The number of hydrogen-bond acceptors (Lipinski definition) is 4. The zero-order valence-corrected chi connectivity index (χ0v) is 15.2. The lowest BCUT2D eigenvalue weighted by Gasteiger charge is -2.06. The van der Waals surface area contributed by atoms with Gasteiger partial charge in [-0.15, -0.1) is 0 Å². The van der Waals surface area contributed by atoms with Gasteiger partial charge in [-0.25, -0.2) is 4.79 Å². The average Bonchev–Trinajstić information content (AvgIpc) is 2.67. The predicted octanol–water partition coefficient (Wildman–Crippen LogP) is 6.54. The van der Waals surface area contributed by atoms with Crippen molar-refractivity contribution < 1.29 is 14.6 Å². The maximum Gasteiger partial charge on any atom is 0.335 e. The molecule has 2 aromatic carbocycles. The predicted molar refractivity (Wildman–Crippen MR) is 103 cm³/mol. The Labute approximate surface area is 154 Å². The van der Waals surface area contributed by atoms with Crippen LogP contribution in [0.1, 0.15) is 55.8 Å². The van der Waals surface area contributed by atoms with Crippen LogP contribution in [0.5, 0.6) is 5.75 Å². The average molecular weight is 354 g/mol. The standard InChI is InChI=1S/C21H26N2O3/c1-2-3-4-5-6-7-16-26-20-14-12-19(13-15-20)23-22-18-10-8-17(9-11-18)21(24)25/h8-15H,2-7,16H2,1H3,(H,24,25). The van der Waals surface area contributed by atoms with Crippen molar-refractivity contribution in [3.05, 3.63) is 54.1 Å². The van der Waals surface area contributed by atoms with Crippen molar-refractivity contribution in [2.24, 2.45) is 10.2 Å². The molecule has 5 nitrogen and oxygen atoms in total. The summed E-state index contributed by atoms with van der Waals surface area (Å²) in [6, 6.07) is 13.8. The molecule has 2 rings (SSSR count). The number of carbonyl (C=O) groups is 1. The number of benzene rings is 2. The quantitative estimate of drug-likeness (QED) is 0.368. The van der Waals surface area contributed by atoms with E-state index < -0.39 is 5.97 Å². The van der Waals surface area contributed by atoms with E-state index in [9.17, 15) is 4.79 Å². The number of carboxylic acids is 1. The second-order valence-electron chi connectivity index (χ2n) is 6.16. The molecule has 0 heterocycles. The van der Waals surface area contributed by atoms with Crippen molar-refractivity contribution in [2.75, 3.05) is 6.61 Å². The van der Waals surface area contributed by atoms with Crippen molar-refractivity contribution >= 4 is 17.3 Å². The highest BCUT2D eigenvalue weighted by Crippen LogP contribution is 2.22. The third kappa shape index (κ3) is 7.05. The van der Waals surface area contributed by atoms with Crippen LogP contribution in [0, 0.1) is 0 Å². The minimum Gasteiger partial charge on any atom is -0.494 e. The van der Waals surface area contributed by atoms with E-state index in [4.69, 9.17) is 9.84 Å². The molecule has 2 aromatic rings. The van der Waals surface area contributed by atoms with Crippen LogP contribution in [0.15, 0.2) is 58.8 Å². The first-order chi connectivity index (χ1) is 12.7. The number of unbranched alkanes of at least 4 members (excludes halogenated alkanes) is 5. The smallest absolute Gasteiger partial charge is 0.335 e. The van der Waals surface area contributed by atoms with Gasteiger partial charge in [0.1, 0.15) is 5.75 Å². The molecule has 26 heavy (non-hydrogen) atoms. The molecular weight excluding hydrogens is 328 g/mol. The Morgan fingerprint density at radius 1 is 0.846 bits per heavy atom. The molecule has 0 spiro atoms. The van der Waals surface area contributed by atoms with Crippen LogP contribution in [-0.4, -0.2) is 17.7 Å². The van der Waals surface area contributed by atoms with E-state index in [1.165, 1.54) is 44.2 Å². The summed E-state index contributed by atoms with van der Waals surface area (Å²) in [6.07, 6.45) is 7.48. The van der Waals surface area contributed by atoms with E-state index >= 15 is 0 Å². The molecule has 0 aliphatic heterocycles. The number of rotatable bonds is 11. The van der Waals surface area contributed by atoms with Crippen molar-refractivity contribution in [1.29, 1.82) is 0 Å². The molecule has 0 saturated heterocycles. The lowest BCUT2D eigenvalue weighted by Crippen LogP contribution is -1.96. The highest BCUT2D eigenvalue weighted by atomic mass is 16.5. The summed E-state index contributed by atoms with van der Waals surface area (Å²) in [7, 11) is 0. The summed E-state index contributed by atoms with van der Waals surface area (Å²) in [5, 5.41) is 17.1. The van der Waals surface area contributed by atoms with Gasteiger partial charge in [-0.2, -0.15) is 10.2 Å². The van der Waals surface area contributed by atoms with E-state index in [0.29, 0.717) is 5.69 Å². The summed E-state index contributed by atoms with van der Waals surface area (Å²) in [5.74, 6) is -0.117. The highest BCUT2D eigenvalue weighted by molar-refractivity contribution is 5.87. The van der Waals surface area contributed by atoms with Crippen LogP contribution >= 0.6 is 0 Å². The summed E-state index contributed by atoms with van der Waals surface area (Å²) in [4.78, 5) is 10.8. The lowest BCUT2D eigenvalue weighted by molar-refractivity contribution is 0.0697. The third-order valence-corrected chi connectivity index (χ3v) is 4.00. The molecule has 0 aliphatic rings. The van der Waals surface area contributed by atoms with E-state index in [2.05, 4.69) is 17.2 Å². The molecule has 5 heteroatoms. The zero-order chi connectivity index (χ0) is 18.6. The second-order valence-corrected chi connectivity index (χ2v) is 6.16. The molecule has 0 aliphatic carbocycles.